The van der Waals surface area contributed by atoms with E-state index in [2.05, 4.69) is 29.5 Å². The monoisotopic (exact) mass is 305 g/mol. The molecular weight excluding hydrogens is 278 g/mol. The van der Waals surface area contributed by atoms with Gasteiger partial charge in [-0.25, -0.2) is 4.99 Å². The average molecular weight is 305 g/mol. The van der Waals surface area contributed by atoms with Crippen molar-refractivity contribution < 1.29 is 9.47 Å². The molecule has 0 bridgehead atoms. The fourth-order valence-corrected chi connectivity index (χ4v) is 2.21. The molecule has 0 amide bonds. The van der Waals surface area contributed by atoms with Gasteiger partial charge in [0.1, 0.15) is 6.10 Å². The van der Waals surface area contributed by atoms with Gasteiger partial charge in [0.05, 0.1) is 13.7 Å². The van der Waals surface area contributed by atoms with Crippen molar-refractivity contribution in [1.29, 1.82) is 0 Å². The van der Waals surface area contributed by atoms with Gasteiger partial charge in [-0.05, 0) is 38.3 Å². The Labute approximate surface area is 133 Å². The van der Waals surface area contributed by atoms with E-state index in [1.54, 1.807) is 7.11 Å². The Balaban J connectivity index is 1.88. The summed E-state index contributed by atoms with van der Waals surface area (Å²) in [6.07, 6.45) is 1.20. The minimum atomic E-state index is -0.0246. The molecule has 1 saturated carbocycles. The van der Waals surface area contributed by atoms with Crippen LogP contribution in [0.3, 0.4) is 0 Å². The molecule has 0 saturated heterocycles. The lowest BCUT2D eigenvalue weighted by Gasteiger charge is -2.16. The van der Waals surface area contributed by atoms with Crippen LogP contribution in [0.4, 0.5) is 0 Å². The number of methoxy groups -OCH3 is 1. The van der Waals surface area contributed by atoms with E-state index >= 15 is 0 Å². The largest absolute Gasteiger partial charge is 0.493 e. The maximum absolute atomic E-state index is 5.92. The summed E-state index contributed by atoms with van der Waals surface area (Å²) in [6.45, 7) is 7.78. The molecule has 22 heavy (non-hydrogen) atoms. The summed E-state index contributed by atoms with van der Waals surface area (Å²) in [4.78, 5) is 4.61. The molecule has 1 aliphatic carbocycles. The number of benzene rings is 1. The van der Waals surface area contributed by atoms with E-state index in [0.717, 1.165) is 29.9 Å². The summed E-state index contributed by atoms with van der Waals surface area (Å²) in [6, 6.07) is 8.23. The number of para-hydroxylation sites is 2. The first-order valence-electron chi connectivity index (χ1n) is 7.98. The Morgan fingerprint density at radius 1 is 1.36 bits per heavy atom. The van der Waals surface area contributed by atoms with Gasteiger partial charge in [0, 0.05) is 12.6 Å². The first-order valence-corrected chi connectivity index (χ1v) is 7.98. The molecule has 3 unspecified atom stereocenters. The van der Waals surface area contributed by atoms with Gasteiger partial charge in [0.2, 0.25) is 0 Å². The van der Waals surface area contributed by atoms with Crippen LogP contribution >= 0.6 is 0 Å². The molecule has 5 nitrogen and oxygen atoms in total. The Kier molecular flexibility index (Phi) is 5.92. The number of guanidine groups is 1. The predicted octanol–water partition coefficient (Wildman–Crippen LogP) is 2.43. The number of aliphatic imine (C=N–C) groups is 1. The van der Waals surface area contributed by atoms with Crippen LogP contribution in [0.25, 0.3) is 0 Å². The number of nitrogens with zero attached hydrogens (tertiary/aromatic N) is 1. The number of hydrogen-bond donors (Lipinski definition) is 2. The zero-order chi connectivity index (χ0) is 15.9. The molecular formula is C17H27N3O2. The minimum absolute atomic E-state index is 0.0246. The van der Waals surface area contributed by atoms with E-state index in [1.165, 1.54) is 6.42 Å². The molecule has 2 rings (SSSR count). The SMILES string of the molecule is CCNC(=NCC(C)Oc1ccccc1OC)NC1CC1C. The average Bonchev–Trinajstić information content (AvgIpc) is 3.20. The summed E-state index contributed by atoms with van der Waals surface area (Å²) < 4.78 is 11.2. The number of nitrogens with one attached hydrogen (secondary N) is 2. The van der Waals surface area contributed by atoms with Gasteiger partial charge in [-0.2, -0.15) is 0 Å². The van der Waals surface area contributed by atoms with Crippen LogP contribution < -0.4 is 20.1 Å². The Hall–Kier alpha value is -1.91. The van der Waals surface area contributed by atoms with Gasteiger partial charge in [0.15, 0.2) is 17.5 Å². The highest BCUT2D eigenvalue weighted by Crippen LogP contribution is 2.29. The minimum Gasteiger partial charge on any atom is -0.493 e. The lowest BCUT2D eigenvalue weighted by Crippen LogP contribution is -2.39. The Bertz CT molecular complexity index is 504. The van der Waals surface area contributed by atoms with Crippen molar-refractivity contribution in [2.24, 2.45) is 10.9 Å². The van der Waals surface area contributed by atoms with Crippen LogP contribution in [-0.4, -0.2) is 38.3 Å². The molecule has 1 fully saturated rings. The van der Waals surface area contributed by atoms with Crippen molar-refractivity contribution in [3.05, 3.63) is 24.3 Å². The number of rotatable bonds is 7. The standard InChI is InChI=1S/C17H27N3O2/c1-5-18-17(20-14-10-12(14)2)19-11-13(3)22-16-9-7-6-8-15(16)21-4/h6-9,12-14H,5,10-11H2,1-4H3,(H2,18,19,20). The molecule has 1 aromatic rings. The topological polar surface area (TPSA) is 54.9 Å². The summed E-state index contributed by atoms with van der Waals surface area (Å²) >= 11 is 0. The fourth-order valence-electron chi connectivity index (χ4n) is 2.21. The molecule has 0 aliphatic heterocycles. The molecule has 0 spiro atoms. The van der Waals surface area contributed by atoms with Crippen LogP contribution in [0, 0.1) is 5.92 Å². The molecule has 5 heteroatoms. The molecule has 3 atom stereocenters. The molecule has 0 radical (unpaired) electrons. The number of hydrogen-bond acceptors (Lipinski definition) is 3. The smallest absolute Gasteiger partial charge is 0.191 e. The highest BCUT2D eigenvalue weighted by Gasteiger charge is 2.33. The first-order chi connectivity index (χ1) is 10.6. The van der Waals surface area contributed by atoms with Crippen molar-refractivity contribution >= 4 is 5.96 Å². The first kappa shape index (κ1) is 16.5. The third-order valence-corrected chi connectivity index (χ3v) is 3.68. The zero-order valence-electron chi connectivity index (χ0n) is 13.9. The zero-order valence-corrected chi connectivity index (χ0v) is 13.9. The maximum atomic E-state index is 5.92. The molecule has 0 heterocycles. The van der Waals surface area contributed by atoms with Crippen molar-refractivity contribution in [3.63, 3.8) is 0 Å². The van der Waals surface area contributed by atoms with Gasteiger partial charge >= 0.3 is 0 Å². The third-order valence-electron chi connectivity index (χ3n) is 3.68. The summed E-state index contributed by atoms with van der Waals surface area (Å²) in [5.41, 5.74) is 0. The predicted molar refractivity (Wildman–Crippen MR) is 89.8 cm³/mol. The van der Waals surface area contributed by atoms with Crippen molar-refractivity contribution in [2.75, 3.05) is 20.2 Å². The van der Waals surface area contributed by atoms with E-state index < -0.39 is 0 Å². The summed E-state index contributed by atoms with van der Waals surface area (Å²) in [5.74, 6) is 3.11. The molecule has 1 aliphatic rings. The van der Waals surface area contributed by atoms with E-state index in [0.29, 0.717) is 12.6 Å². The molecule has 122 valence electrons. The second-order valence-electron chi connectivity index (χ2n) is 5.76. The van der Waals surface area contributed by atoms with Gasteiger partial charge in [-0.15, -0.1) is 0 Å². The lowest BCUT2D eigenvalue weighted by atomic mass is 10.3. The summed E-state index contributed by atoms with van der Waals surface area (Å²) in [5, 5.41) is 6.72. The molecule has 2 N–H and O–H groups in total. The normalized spacial score (nSPS) is 21.9. The van der Waals surface area contributed by atoms with Crippen molar-refractivity contribution in [2.45, 2.75) is 39.3 Å². The van der Waals surface area contributed by atoms with E-state index in [-0.39, 0.29) is 6.10 Å². The van der Waals surface area contributed by atoms with Crippen LogP contribution in [0.1, 0.15) is 27.2 Å². The molecule has 0 aromatic heterocycles. The van der Waals surface area contributed by atoms with Crippen LogP contribution in [0.15, 0.2) is 29.3 Å². The fraction of sp³-hybridized carbons (Fsp3) is 0.588. The lowest BCUT2D eigenvalue weighted by molar-refractivity contribution is 0.219. The van der Waals surface area contributed by atoms with Crippen LogP contribution in [0.5, 0.6) is 11.5 Å². The number of ether oxygens (including phenoxy) is 2. The Morgan fingerprint density at radius 2 is 2.05 bits per heavy atom. The van der Waals surface area contributed by atoms with E-state index in [1.807, 2.05) is 31.2 Å². The van der Waals surface area contributed by atoms with Crippen molar-refractivity contribution in [1.82, 2.24) is 10.6 Å². The second-order valence-corrected chi connectivity index (χ2v) is 5.76. The van der Waals surface area contributed by atoms with Gasteiger partial charge < -0.3 is 20.1 Å². The van der Waals surface area contributed by atoms with Gasteiger partial charge in [-0.1, -0.05) is 19.1 Å². The van der Waals surface area contributed by atoms with Crippen LogP contribution in [0.2, 0.25) is 0 Å². The quantitative estimate of drug-likeness (QED) is 0.600. The Morgan fingerprint density at radius 3 is 2.64 bits per heavy atom. The summed E-state index contributed by atoms with van der Waals surface area (Å²) in [7, 11) is 1.65. The maximum Gasteiger partial charge on any atom is 0.191 e. The van der Waals surface area contributed by atoms with Gasteiger partial charge in [-0.3, -0.25) is 0 Å². The van der Waals surface area contributed by atoms with E-state index in [9.17, 15) is 0 Å². The second kappa shape index (κ2) is 7.92. The van der Waals surface area contributed by atoms with E-state index in [4.69, 9.17) is 9.47 Å². The van der Waals surface area contributed by atoms with Crippen molar-refractivity contribution in [3.8, 4) is 11.5 Å². The third kappa shape index (κ3) is 4.83. The highest BCUT2D eigenvalue weighted by molar-refractivity contribution is 5.80. The van der Waals surface area contributed by atoms with Gasteiger partial charge in [0.25, 0.3) is 0 Å². The van der Waals surface area contributed by atoms with Crippen LogP contribution in [-0.2, 0) is 0 Å². The highest BCUT2D eigenvalue weighted by atomic mass is 16.5. The molecule has 1 aromatic carbocycles.